The lowest BCUT2D eigenvalue weighted by Crippen LogP contribution is -2.38. The van der Waals surface area contributed by atoms with Gasteiger partial charge in [0.2, 0.25) is 0 Å². The summed E-state index contributed by atoms with van der Waals surface area (Å²) in [5.41, 5.74) is 3.03. The van der Waals surface area contributed by atoms with Gasteiger partial charge in [-0.25, -0.2) is 9.97 Å². The van der Waals surface area contributed by atoms with Gasteiger partial charge in [-0.15, -0.1) is 0 Å². The van der Waals surface area contributed by atoms with Gasteiger partial charge in [0.25, 0.3) is 5.91 Å². The SMILES string of the molecule is CCOC(=O)CC1CCC(NC(=O)c2cc(Cl)cc3cnn(Cc4cnc(-c5ccccc5)nc4)c23)CC1. The molecular formula is C29H30ClN5O3. The number of rotatable bonds is 8. The smallest absolute Gasteiger partial charge is 0.306 e. The van der Waals surface area contributed by atoms with Crippen molar-refractivity contribution in [2.24, 2.45) is 5.92 Å². The molecule has 1 N–H and O–H groups in total. The van der Waals surface area contributed by atoms with Crippen molar-refractivity contribution in [3.05, 3.63) is 77.2 Å². The summed E-state index contributed by atoms with van der Waals surface area (Å²) in [5.74, 6) is 0.638. The first-order valence-corrected chi connectivity index (χ1v) is 13.4. The van der Waals surface area contributed by atoms with Gasteiger partial charge in [0.05, 0.1) is 30.4 Å². The first-order valence-electron chi connectivity index (χ1n) is 13.0. The molecule has 196 valence electrons. The summed E-state index contributed by atoms with van der Waals surface area (Å²) in [6.07, 6.45) is 9.14. The van der Waals surface area contributed by atoms with Crippen molar-refractivity contribution < 1.29 is 14.3 Å². The van der Waals surface area contributed by atoms with Crippen LogP contribution < -0.4 is 5.32 Å². The molecule has 0 unspecified atom stereocenters. The summed E-state index contributed by atoms with van der Waals surface area (Å²) >= 11 is 6.37. The van der Waals surface area contributed by atoms with E-state index in [0.717, 1.165) is 47.7 Å². The standard InChI is InChI=1S/C29H30ClN5O3/c1-2-38-26(36)12-19-8-10-24(11-9-19)34-29(37)25-14-23(30)13-22-17-33-35(27(22)25)18-20-15-31-28(32-16-20)21-6-4-3-5-7-21/h3-7,13-17,19,24H,2,8-12,18H2,1H3,(H,34,37). The molecule has 2 heterocycles. The second-order valence-corrected chi connectivity index (χ2v) is 10.1. The van der Waals surface area contributed by atoms with Crippen LogP contribution in [0.15, 0.2) is 61.1 Å². The number of hydrogen-bond acceptors (Lipinski definition) is 6. The minimum Gasteiger partial charge on any atom is -0.466 e. The second kappa shape index (κ2) is 11.7. The highest BCUT2D eigenvalue weighted by molar-refractivity contribution is 6.32. The average molecular weight is 532 g/mol. The number of aromatic nitrogens is 4. The molecule has 1 fully saturated rings. The average Bonchev–Trinajstić information content (AvgIpc) is 3.32. The zero-order chi connectivity index (χ0) is 26.5. The number of benzene rings is 2. The van der Waals surface area contributed by atoms with Crippen molar-refractivity contribution in [3.63, 3.8) is 0 Å². The predicted octanol–water partition coefficient (Wildman–Crippen LogP) is 5.44. The number of hydrogen-bond donors (Lipinski definition) is 1. The van der Waals surface area contributed by atoms with Crippen LogP contribution in [0.1, 0.15) is 54.9 Å². The normalized spacial score (nSPS) is 17.3. The number of nitrogens with zero attached hydrogens (tertiary/aromatic N) is 4. The molecule has 0 bridgehead atoms. The Bertz CT molecular complexity index is 1410. The van der Waals surface area contributed by atoms with Crippen molar-refractivity contribution >= 4 is 34.4 Å². The molecule has 38 heavy (non-hydrogen) atoms. The molecule has 1 saturated carbocycles. The molecule has 0 saturated heterocycles. The van der Waals surface area contributed by atoms with Crippen LogP contribution in [0.25, 0.3) is 22.3 Å². The van der Waals surface area contributed by atoms with E-state index in [4.69, 9.17) is 16.3 Å². The van der Waals surface area contributed by atoms with Crippen LogP contribution in [0, 0.1) is 5.92 Å². The highest BCUT2D eigenvalue weighted by Gasteiger charge is 2.26. The predicted molar refractivity (Wildman–Crippen MR) is 146 cm³/mol. The fourth-order valence-electron chi connectivity index (χ4n) is 5.06. The largest absolute Gasteiger partial charge is 0.466 e. The van der Waals surface area contributed by atoms with E-state index in [2.05, 4.69) is 20.4 Å². The van der Waals surface area contributed by atoms with E-state index in [-0.39, 0.29) is 17.9 Å². The molecule has 0 atom stereocenters. The molecule has 1 aliphatic rings. The van der Waals surface area contributed by atoms with Crippen molar-refractivity contribution in [3.8, 4) is 11.4 Å². The third-order valence-electron chi connectivity index (χ3n) is 6.96. The molecular weight excluding hydrogens is 502 g/mol. The molecule has 4 aromatic rings. The zero-order valence-corrected chi connectivity index (χ0v) is 22.0. The van der Waals surface area contributed by atoms with Gasteiger partial charge >= 0.3 is 5.97 Å². The molecule has 8 nitrogen and oxygen atoms in total. The summed E-state index contributed by atoms with van der Waals surface area (Å²) in [4.78, 5) is 34.3. The third-order valence-corrected chi connectivity index (χ3v) is 7.17. The minimum atomic E-state index is -0.177. The van der Waals surface area contributed by atoms with E-state index in [0.29, 0.717) is 41.9 Å². The van der Waals surface area contributed by atoms with Crippen molar-refractivity contribution in [2.75, 3.05) is 6.61 Å². The summed E-state index contributed by atoms with van der Waals surface area (Å²) < 4.78 is 6.87. The number of nitrogens with one attached hydrogen (secondary N) is 1. The Morgan fingerprint density at radius 3 is 2.50 bits per heavy atom. The van der Waals surface area contributed by atoms with Crippen molar-refractivity contribution in [1.29, 1.82) is 0 Å². The Balaban J connectivity index is 1.29. The fraction of sp³-hybridized carbons (Fsp3) is 0.345. The van der Waals surface area contributed by atoms with E-state index in [1.54, 1.807) is 29.3 Å². The van der Waals surface area contributed by atoms with Crippen LogP contribution in [0.4, 0.5) is 0 Å². The van der Waals surface area contributed by atoms with E-state index in [1.807, 2.05) is 43.3 Å². The Kier molecular flexibility index (Phi) is 7.98. The molecule has 9 heteroatoms. The topological polar surface area (TPSA) is 99.0 Å². The van der Waals surface area contributed by atoms with Crippen molar-refractivity contribution in [1.82, 2.24) is 25.1 Å². The molecule has 1 amide bonds. The summed E-state index contributed by atoms with van der Waals surface area (Å²) in [6.45, 7) is 2.64. The maximum atomic E-state index is 13.4. The quantitative estimate of drug-likeness (QED) is 0.304. The van der Waals surface area contributed by atoms with Crippen LogP contribution >= 0.6 is 11.6 Å². The lowest BCUT2D eigenvalue weighted by Gasteiger charge is -2.28. The monoisotopic (exact) mass is 531 g/mol. The van der Waals surface area contributed by atoms with E-state index in [1.165, 1.54) is 0 Å². The Morgan fingerprint density at radius 2 is 1.79 bits per heavy atom. The second-order valence-electron chi connectivity index (χ2n) is 9.67. The van der Waals surface area contributed by atoms with Gasteiger partial charge < -0.3 is 10.1 Å². The fourth-order valence-corrected chi connectivity index (χ4v) is 5.29. The first kappa shape index (κ1) is 25.9. The summed E-state index contributed by atoms with van der Waals surface area (Å²) in [7, 11) is 0. The number of esters is 1. The highest BCUT2D eigenvalue weighted by atomic mass is 35.5. The van der Waals surface area contributed by atoms with Crippen LogP contribution in [0.2, 0.25) is 5.02 Å². The number of amides is 1. The molecule has 2 aromatic heterocycles. The molecule has 1 aliphatic carbocycles. The lowest BCUT2D eigenvalue weighted by atomic mass is 9.84. The van der Waals surface area contributed by atoms with Gasteiger partial charge in [-0.2, -0.15) is 5.10 Å². The molecule has 2 aromatic carbocycles. The van der Waals surface area contributed by atoms with Crippen LogP contribution in [-0.2, 0) is 16.1 Å². The minimum absolute atomic E-state index is 0.0466. The maximum absolute atomic E-state index is 13.4. The molecule has 0 spiro atoms. The van der Waals surface area contributed by atoms with Gasteiger partial charge in [0, 0.05) is 46.4 Å². The summed E-state index contributed by atoms with van der Waals surface area (Å²) in [6, 6.07) is 13.4. The number of ether oxygens (including phenoxy) is 1. The first-order chi connectivity index (χ1) is 18.5. The Hall–Kier alpha value is -3.78. The third kappa shape index (κ3) is 6.02. The number of carbonyl (C=O) groups is 2. The van der Waals surface area contributed by atoms with E-state index in [9.17, 15) is 9.59 Å². The van der Waals surface area contributed by atoms with Crippen LogP contribution in [-0.4, -0.2) is 44.3 Å². The Morgan fingerprint density at radius 1 is 1.05 bits per heavy atom. The molecule has 5 rings (SSSR count). The number of halogens is 1. The summed E-state index contributed by atoms with van der Waals surface area (Å²) in [5, 5.41) is 8.99. The number of fused-ring (bicyclic) bond motifs is 1. The number of carbonyl (C=O) groups excluding carboxylic acids is 2. The van der Waals surface area contributed by atoms with Gasteiger partial charge in [0.15, 0.2) is 5.82 Å². The van der Waals surface area contributed by atoms with Gasteiger partial charge in [-0.1, -0.05) is 41.9 Å². The van der Waals surface area contributed by atoms with Gasteiger partial charge in [-0.3, -0.25) is 14.3 Å². The lowest BCUT2D eigenvalue weighted by molar-refractivity contribution is -0.144. The van der Waals surface area contributed by atoms with Crippen molar-refractivity contribution in [2.45, 2.75) is 51.6 Å². The van der Waals surface area contributed by atoms with E-state index >= 15 is 0 Å². The van der Waals surface area contributed by atoms with Gasteiger partial charge in [0.1, 0.15) is 0 Å². The molecule has 0 aliphatic heterocycles. The van der Waals surface area contributed by atoms with Crippen LogP contribution in [0.5, 0.6) is 0 Å². The highest BCUT2D eigenvalue weighted by Crippen LogP contribution is 2.29. The molecule has 0 radical (unpaired) electrons. The van der Waals surface area contributed by atoms with E-state index < -0.39 is 0 Å². The maximum Gasteiger partial charge on any atom is 0.306 e. The zero-order valence-electron chi connectivity index (χ0n) is 21.3. The van der Waals surface area contributed by atoms with Gasteiger partial charge in [-0.05, 0) is 50.7 Å². The Labute approximate surface area is 226 Å². The van der Waals surface area contributed by atoms with Crippen LogP contribution in [0.3, 0.4) is 0 Å².